The molecule has 0 saturated heterocycles. The topological polar surface area (TPSA) is 29.1 Å². The molecule has 0 radical (unpaired) electrons. The van der Waals surface area contributed by atoms with Crippen molar-refractivity contribution >= 4 is 5.91 Å². The minimum atomic E-state index is -0.0669. The van der Waals surface area contributed by atoms with Crippen LogP contribution < -0.4 is 5.32 Å². The molecule has 1 amide bonds. The van der Waals surface area contributed by atoms with Crippen LogP contribution in [0.5, 0.6) is 0 Å². The molecule has 0 aromatic heterocycles. The van der Waals surface area contributed by atoms with E-state index in [-0.39, 0.29) is 10.8 Å². The molecule has 0 aliphatic heterocycles. The van der Waals surface area contributed by atoms with Crippen LogP contribution >= 0.6 is 0 Å². The van der Waals surface area contributed by atoms with E-state index in [0.717, 1.165) is 31.1 Å². The highest BCUT2D eigenvalue weighted by Gasteiger charge is 2.60. The first-order valence-corrected chi connectivity index (χ1v) is 10.0. The fraction of sp³-hybridized carbons (Fsp3) is 0.682. The predicted octanol–water partition coefficient (Wildman–Crippen LogP) is 4.58. The molecule has 2 nitrogen and oxygen atoms in total. The van der Waals surface area contributed by atoms with E-state index >= 15 is 0 Å². The Balaban J connectivity index is 1.46. The van der Waals surface area contributed by atoms with Crippen LogP contribution in [0, 0.1) is 17.3 Å². The van der Waals surface area contributed by atoms with Gasteiger partial charge in [-0.1, -0.05) is 43.2 Å². The number of rotatable bonds is 3. The van der Waals surface area contributed by atoms with Crippen LogP contribution in [0.3, 0.4) is 0 Å². The molecule has 1 N–H and O–H groups in total. The maximum atomic E-state index is 13.3. The van der Waals surface area contributed by atoms with Gasteiger partial charge in [0, 0.05) is 6.04 Å². The van der Waals surface area contributed by atoms with Crippen molar-refractivity contribution in [3.63, 3.8) is 0 Å². The Bertz CT molecular complexity index is 617. The molecule has 4 bridgehead atoms. The number of benzene rings is 1. The van der Waals surface area contributed by atoms with Crippen molar-refractivity contribution in [2.45, 2.75) is 75.7 Å². The molecule has 5 saturated carbocycles. The first kappa shape index (κ1) is 15.0. The Labute approximate surface area is 145 Å². The average Bonchev–Trinajstić information content (AvgIpc) is 3.07. The van der Waals surface area contributed by atoms with Crippen molar-refractivity contribution in [3.05, 3.63) is 35.9 Å². The van der Waals surface area contributed by atoms with E-state index in [2.05, 4.69) is 35.6 Å². The summed E-state index contributed by atoms with van der Waals surface area (Å²) in [6.45, 7) is 0. The molecule has 1 aromatic rings. The standard InChI is InChI=1S/C22H29NO/c24-20(23-19-8-4-5-9-19)22-13-16-10-17(14-22)12-21(11-16,15-22)18-6-2-1-3-7-18/h1-3,6-7,16-17,19H,4-5,8-15H2,(H,23,24)/t16-,17-,21?,22?/m1/s1. The van der Waals surface area contributed by atoms with Crippen LogP contribution in [-0.4, -0.2) is 11.9 Å². The summed E-state index contributed by atoms with van der Waals surface area (Å²) in [6.07, 6.45) is 12.3. The van der Waals surface area contributed by atoms with Crippen LogP contribution in [-0.2, 0) is 10.2 Å². The average molecular weight is 323 g/mol. The lowest BCUT2D eigenvalue weighted by molar-refractivity contribution is -0.149. The normalized spacial score (nSPS) is 40.8. The summed E-state index contributed by atoms with van der Waals surface area (Å²) in [5.41, 5.74) is 1.71. The van der Waals surface area contributed by atoms with Gasteiger partial charge in [0.25, 0.3) is 0 Å². The highest BCUT2D eigenvalue weighted by molar-refractivity contribution is 5.84. The minimum absolute atomic E-state index is 0.0669. The Kier molecular flexibility index (Phi) is 3.34. The molecular weight excluding hydrogens is 294 g/mol. The van der Waals surface area contributed by atoms with Crippen LogP contribution in [0.25, 0.3) is 0 Å². The summed E-state index contributed by atoms with van der Waals surface area (Å²) in [4.78, 5) is 13.3. The van der Waals surface area contributed by atoms with Crippen LogP contribution in [0.1, 0.15) is 69.8 Å². The number of carbonyl (C=O) groups is 1. The third-order valence-electron chi connectivity index (χ3n) is 7.62. The molecule has 5 aliphatic rings. The van der Waals surface area contributed by atoms with Crippen LogP contribution in [0.2, 0.25) is 0 Å². The van der Waals surface area contributed by atoms with Gasteiger partial charge in [-0.05, 0) is 74.2 Å². The van der Waals surface area contributed by atoms with E-state index in [1.54, 1.807) is 0 Å². The van der Waals surface area contributed by atoms with E-state index in [1.807, 2.05) is 0 Å². The number of hydrogen-bond acceptors (Lipinski definition) is 1. The summed E-state index contributed by atoms with van der Waals surface area (Å²) in [5, 5.41) is 3.47. The molecule has 5 aliphatic carbocycles. The van der Waals surface area contributed by atoms with E-state index < -0.39 is 0 Å². The number of nitrogens with one attached hydrogen (secondary N) is 1. The molecule has 128 valence electrons. The van der Waals surface area contributed by atoms with E-state index in [1.165, 1.54) is 50.5 Å². The maximum absolute atomic E-state index is 13.3. The summed E-state index contributed by atoms with van der Waals surface area (Å²) in [6, 6.07) is 11.6. The van der Waals surface area contributed by atoms with Crippen molar-refractivity contribution in [1.82, 2.24) is 5.32 Å². The lowest BCUT2D eigenvalue weighted by atomic mass is 9.42. The second-order valence-corrected chi connectivity index (χ2v) is 9.34. The van der Waals surface area contributed by atoms with Crippen LogP contribution in [0.15, 0.2) is 30.3 Å². The van der Waals surface area contributed by atoms with Crippen molar-refractivity contribution in [2.75, 3.05) is 0 Å². The number of carbonyl (C=O) groups excluding carboxylic acids is 1. The molecule has 1 aromatic carbocycles. The predicted molar refractivity (Wildman–Crippen MR) is 95.6 cm³/mol. The molecule has 0 unspecified atom stereocenters. The van der Waals surface area contributed by atoms with Gasteiger partial charge in [-0.3, -0.25) is 4.79 Å². The van der Waals surface area contributed by atoms with Crippen LogP contribution in [0.4, 0.5) is 0 Å². The Hall–Kier alpha value is -1.31. The number of hydrogen-bond donors (Lipinski definition) is 1. The maximum Gasteiger partial charge on any atom is 0.226 e. The first-order chi connectivity index (χ1) is 11.7. The van der Waals surface area contributed by atoms with Gasteiger partial charge in [-0.2, -0.15) is 0 Å². The SMILES string of the molecule is O=C(NC1CCCC1)C12C[C@@H]3C[C@@H](C1)CC(c1ccccc1)(C3)C2. The lowest BCUT2D eigenvalue weighted by Gasteiger charge is -2.61. The summed E-state index contributed by atoms with van der Waals surface area (Å²) < 4.78 is 0. The fourth-order valence-electron chi connectivity index (χ4n) is 7.07. The number of amides is 1. The summed E-state index contributed by atoms with van der Waals surface area (Å²) in [5.74, 6) is 1.94. The smallest absolute Gasteiger partial charge is 0.226 e. The Morgan fingerprint density at radius 3 is 2.29 bits per heavy atom. The van der Waals surface area contributed by atoms with E-state index in [9.17, 15) is 4.79 Å². The van der Waals surface area contributed by atoms with E-state index in [0.29, 0.717) is 11.9 Å². The van der Waals surface area contributed by atoms with Gasteiger partial charge in [0.2, 0.25) is 5.91 Å². The summed E-state index contributed by atoms with van der Waals surface area (Å²) in [7, 11) is 0. The minimum Gasteiger partial charge on any atom is -0.353 e. The second-order valence-electron chi connectivity index (χ2n) is 9.34. The third-order valence-corrected chi connectivity index (χ3v) is 7.62. The van der Waals surface area contributed by atoms with Gasteiger partial charge >= 0.3 is 0 Å². The molecule has 6 rings (SSSR count). The monoisotopic (exact) mass is 323 g/mol. The van der Waals surface area contributed by atoms with E-state index in [4.69, 9.17) is 0 Å². The van der Waals surface area contributed by atoms with Gasteiger partial charge in [0.1, 0.15) is 0 Å². The fourth-order valence-corrected chi connectivity index (χ4v) is 7.07. The highest BCUT2D eigenvalue weighted by atomic mass is 16.2. The van der Waals surface area contributed by atoms with Crippen molar-refractivity contribution in [1.29, 1.82) is 0 Å². The second kappa shape index (κ2) is 5.34. The molecule has 24 heavy (non-hydrogen) atoms. The molecule has 2 atom stereocenters. The zero-order valence-corrected chi connectivity index (χ0v) is 14.6. The molecule has 0 spiro atoms. The zero-order chi connectivity index (χ0) is 16.2. The zero-order valence-electron chi connectivity index (χ0n) is 14.6. The van der Waals surface area contributed by atoms with Crippen molar-refractivity contribution in [2.24, 2.45) is 17.3 Å². The van der Waals surface area contributed by atoms with Gasteiger partial charge < -0.3 is 5.32 Å². The summed E-state index contributed by atoms with van der Waals surface area (Å²) >= 11 is 0. The molecular formula is C22H29NO. The van der Waals surface area contributed by atoms with Gasteiger partial charge in [0.05, 0.1) is 5.41 Å². The third kappa shape index (κ3) is 2.25. The highest BCUT2D eigenvalue weighted by Crippen LogP contribution is 2.65. The molecule has 5 fully saturated rings. The Morgan fingerprint density at radius 2 is 1.62 bits per heavy atom. The first-order valence-electron chi connectivity index (χ1n) is 10.0. The van der Waals surface area contributed by atoms with Crippen molar-refractivity contribution < 1.29 is 4.79 Å². The molecule has 2 heteroatoms. The molecule has 0 heterocycles. The largest absolute Gasteiger partial charge is 0.353 e. The lowest BCUT2D eigenvalue weighted by Crippen LogP contribution is -2.59. The van der Waals surface area contributed by atoms with Gasteiger partial charge in [-0.25, -0.2) is 0 Å². The van der Waals surface area contributed by atoms with Gasteiger partial charge in [0.15, 0.2) is 0 Å². The van der Waals surface area contributed by atoms with Crippen molar-refractivity contribution in [3.8, 4) is 0 Å². The van der Waals surface area contributed by atoms with Gasteiger partial charge in [-0.15, -0.1) is 0 Å². The Morgan fingerprint density at radius 1 is 0.958 bits per heavy atom. The quantitative estimate of drug-likeness (QED) is 0.866.